The predicted octanol–water partition coefficient (Wildman–Crippen LogP) is 5.62. The quantitative estimate of drug-likeness (QED) is 0.367. The van der Waals surface area contributed by atoms with Gasteiger partial charge in [-0.2, -0.15) is 0 Å². The Bertz CT molecular complexity index is 1380. The smallest absolute Gasteiger partial charge is 0.412 e. The molecule has 1 saturated carbocycles. The van der Waals surface area contributed by atoms with Gasteiger partial charge in [-0.05, 0) is 54.5 Å². The third-order valence-corrected chi connectivity index (χ3v) is 7.81. The summed E-state index contributed by atoms with van der Waals surface area (Å²) in [5.74, 6) is 5.39. The normalized spacial score (nSPS) is 13.7. The summed E-state index contributed by atoms with van der Waals surface area (Å²) in [6, 6.07) is 16.8. The SMILES string of the molecule is O=C(Nc1cccnc1C#Cc1cc2sc(C3(C(=O)O)CC3)cc2s1)OCc1ccccc1. The molecule has 3 heterocycles. The number of carboxylic acids is 1. The molecule has 1 aromatic carbocycles. The zero-order valence-corrected chi connectivity index (χ0v) is 19.0. The number of nitrogens with zero attached hydrogens (tertiary/aromatic N) is 1. The van der Waals surface area contributed by atoms with Gasteiger partial charge in [0.25, 0.3) is 0 Å². The van der Waals surface area contributed by atoms with E-state index in [0.29, 0.717) is 24.2 Å². The van der Waals surface area contributed by atoms with E-state index in [4.69, 9.17) is 4.74 Å². The number of aromatic nitrogens is 1. The number of carboxylic acid groups (broad SMARTS) is 1. The molecule has 3 aromatic heterocycles. The average Bonchev–Trinajstić information content (AvgIpc) is 3.41. The van der Waals surface area contributed by atoms with Gasteiger partial charge in [-0.15, -0.1) is 22.7 Å². The Hall–Kier alpha value is -3.67. The number of pyridine rings is 1. The van der Waals surface area contributed by atoms with Crippen LogP contribution < -0.4 is 5.32 Å². The van der Waals surface area contributed by atoms with E-state index in [1.54, 1.807) is 18.3 Å². The third kappa shape index (κ3) is 4.46. The van der Waals surface area contributed by atoms with Crippen molar-refractivity contribution >= 4 is 49.8 Å². The van der Waals surface area contributed by atoms with E-state index in [9.17, 15) is 14.7 Å². The molecule has 2 N–H and O–H groups in total. The van der Waals surface area contributed by atoms with Crippen molar-refractivity contribution in [2.75, 3.05) is 5.32 Å². The predicted molar refractivity (Wildman–Crippen MR) is 129 cm³/mol. The lowest BCUT2D eigenvalue weighted by Crippen LogP contribution is -2.17. The highest BCUT2D eigenvalue weighted by atomic mass is 32.1. The number of carbonyl (C=O) groups is 2. The molecule has 8 heteroatoms. The number of fused-ring (bicyclic) bond motifs is 1. The first kappa shape index (κ1) is 21.2. The molecule has 5 rings (SSSR count). The van der Waals surface area contributed by atoms with Crippen LogP contribution in [-0.4, -0.2) is 22.2 Å². The highest BCUT2D eigenvalue weighted by Crippen LogP contribution is 2.52. The van der Waals surface area contributed by atoms with Crippen LogP contribution in [-0.2, 0) is 21.6 Å². The molecule has 164 valence electrons. The van der Waals surface area contributed by atoms with Gasteiger partial charge in [0.2, 0.25) is 0 Å². The van der Waals surface area contributed by atoms with Crippen LogP contribution in [0.2, 0.25) is 0 Å². The Labute approximate surface area is 197 Å². The second-order valence-electron chi connectivity index (χ2n) is 7.67. The van der Waals surface area contributed by atoms with E-state index in [0.717, 1.165) is 24.7 Å². The molecular weight excluding hydrogens is 456 g/mol. The summed E-state index contributed by atoms with van der Waals surface area (Å²) in [5, 5.41) is 12.2. The standard InChI is InChI=1S/C25H18N2O4S2/c28-23(29)25(10-11-25)22-14-21-20(33-22)13-17(32-21)8-9-18-19(7-4-12-26-18)27-24(30)31-15-16-5-2-1-3-6-16/h1-7,12-14H,10-11,15H2,(H,27,30)(H,28,29). The van der Waals surface area contributed by atoms with Gasteiger partial charge < -0.3 is 9.84 Å². The topological polar surface area (TPSA) is 88.5 Å². The number of thiophene rings is 2. The van der Waals surface area contributed by atoms with Crippen LogP contribution in [0.1, 0.15) is 33.9 Å². The zero-order chi connectivity index (χ0) is 22.8. The maximum Gasteiger partial charge on any atom is 0.412 e. The van der Waals surface area contributed by atoms with Gasteiger partial charge in [0, 0.05) is 20.5 Å². The number of nitrogens with one attached hydrogen (secondary N) is 1. The summed E-state index contributed by atoms with van der Waals surface area (Å²) in [4.78, 5) is 29.8. The monoisotopic (exact) mass is 474 g/mol. The summed E-state index contributed by atoms with van der Waals surface area (Å²) in [7, 11) is 0. The van der Waals surface area contributed by atoms with E-state index < -0.39 is 17.5 Å². The molecular formula is C25H18N2O4S2. The van der Waals surface area contributed by atoms with Gasteiger partial charge in [-0.3, -0.25) is 10.1 Å². The van der Waals surface area contributed by atoms with Crippen molar-refractivity contribution in [2.45, 2.75) is 24.9 Å². The summed E-state index contributed by atoms with van der Waals surface area (Å²) in [5.41, 5.74) is 1.13. The van der Waals surface area contributed by atoms with E-state index in [1.165, 1.54) is 22.7 Å². The van der Waals surface area contributed by atoms with Crippen molar-refractivity contribution in [2.24, 2.45) is 0 Å². The molecule has 0 unspecified atom stereocenters. The number of amides is 1. The van der Waals surface area contributed by atoms with Crippen LogP contribution >= 0.6 is 22.7 Å². The third-order valence-electron chi connectivity index (χ3n) is 5.40. The largest absolute Gasteiger partial charge is 0.481 e. The number of hydrogen-bond acceptors (Lipinski definition) is 6. The molecule has 1 fully saturated rings. The molecule has 6 nitrogen and oxygen atoms in total. The van der Waals surface area contributed by atoms with Crippen LogP contribution in [0, 0.1) is 11.8 Å². The molecule has 0 saturated heterocycles. The number of aliphatic carboxylic acids is 1. The van der Waals surface area contributed by atoms with E-state index >= 15 is 0 Å². The van der Waals surface area contributed by atoms with Gasteiger partial charge in [0.15, 0.2) is 0 Å². The van der Waals surface area contributed by atoms with Crippen LogP contribution in [0.15, 0.2) is 60.8 Å². The molecule has 0 atom stereocenters. The molecule has 4 aromatic rings. The number of carbonyl (C=O) groups excluding carboxylic acids is 1. The Morgan fingerprint density at radius 1 is 1.06 bits per heavy atom. The lowest BCUT2D eigenvalue weighted by molar-refractivity contribution is -0.139. The van der Waals surface area contributed by atoms with Crippen LogP contribution in [0.25, 0.3) is 9.40 Å². The summed E-state index contributed by atoms with van der Waals surface area (Å²) >= 11 is 3.05. The number of ether oxygens (including phenoxy) is 1. The molecule has 33 heavy (non-hydrogen) atoms. The van der Waals surface area contributed by atoms with E-state index in [-0.39, 0.29) is 6.61 Å². The van der Waals surface area contributed by atoms with Crippen molar-refractivity contribution in [3.05, 3.63) is 81.8 Å². The van der Waals surface area contributed by atoms with Crippen molar-refractivity contribution < 1.29 is 19.4 Å². The summed E-state index contributed by atoms with van der Waals surface area (Å²) in [6.07, 6.45) is 2.44. The summed E-state index contributed by atoms with van der Waals surface area (Å²) in [6.45, 7) is 0.172. The minimum absolute atomic E-state index is 0.172. The molecule has 1 aliphatic carbocycles. The lowest BCUT2D eigenvalue weighted by atomic mass is 10.1. The van der Waals surface area contributed by atoms with Gasteiger partial charge in [-0.1, -0.05) is 30.3 Å². The average molecular weight is 475 g/mol. The Morgan fingerprint density at radius 3 is 2.58 bits per heavy atom. The number of rotatable bonds is 5. The molecule has 0 spiro atoms. The van der Waals surface area contributed by atoms with Gasteiger partial charge in [-0.25, -0.2) is 9.78 Å². The lowest BCUT2D eigenvalue weighted by Gasteiger charge is -2.08. The Morgan fingerprint density at radius 2 is 1.85 bits per heavy atom. The van der Waals surface area contributed by atoms with Crippen molar-refractivity contribution in [3.63, 3.8) is 0 Å². The van der Waals surface area contributed by atoms with Crippen molar-refractivity contribution in [3.8, 4) is 11.8 Å². The number of hydrogen-bond donors (Lipinski definition) is 2. The van der Waals surface area contributed by atoms with Crippen LogP contribution in [0.5, 0.6) is 0 Å². The van der Waals surface area contributed by atoms with Crippen LogP contribution in [0.3, 0.4) is 0 Å². The van der Waals surface area contributed by atoms with Crippen LogP contribution in [0.4, 0.5) is 10.5 Å². The molecule has 0 bridgehead atoms. The Balaban J connectivity index is 1.29. The summed E-state index contributed by atoms with van der Waals surface area (Å²) < 4.78 is 7.35. The van der Waals surface area contributed by atoms with E-state index in [2.05, 4.69) is 22.1 Å². The minimum Gasteiger partial charge on any atom is -0.481 e. The Kier molecular flexibility index (Phi) is 5.58. The molecule has 0 radical (unpaired) electrons. The van der Waals surface area contributed by atoms with E-state index in [1.807, 2.05) is 42.5 Å². The highest BCUT2D eigenvalue weighted by molar-refractivity contribution is 7.28. The van der Waals surface area contributed by atoms with Crippen molar-refractivity contribution in [1.82, 2.24) is 4.98 Å². The molecule has 1 aliphatic rings. The number of anilines is 1. The number of benzene rings is 1. The van der Waals surface area contributed by atoms with Gasteiger partial charge in [0.1, 0.15) is 17.7 Å². The highest BCUT2D eigenvalue weighted by Gasteiger charge is 2.53. The first-order valence-corrected chi connectivity index (χ1v) is 11.9. The zero-order valence-electron chi connectivity index (χ0n) is 17.3. The fourth-order valence-corrected chi connectivity index (χ4v) is 5.91. The fourth-order valence-electron chi connectivity index (χ4n) is 3.42. The van der Waals surface area contributed by atoms with Crippen molar-refractivity contribution in [1.29, 1.82) is 0 Å². The van der Waals surface area contributed by atoms with Gasteiger partial charge in [0.05, 0.1) is 10.6 Å². The maximum atomic E-state index is 12.2. The second-order valence-corrected chi connectivity index (χ2v) is 9.84. The second kappa shape index (κ2) is 8.70. The first-order chi connectivity index (χ1) is 16.0. The fraction of sp³-hybridized carbons (Fsp3) is 0.160. The van der Waals surface area contributed by atoms with Gasteiger partial charge >= 0.3 is 12.1 Å². The minimum atomic E-state index is -0.742. The maximum absolute atomic E-state index is 12.2. The molecule has 1 amide bonds. The molecule has 0 aliphatic heterocycles. The first-order valence-electron chi connectivity index (χ1n) is 10.3.